The summed E-state index contributed by atoms with van der Waals surface area (Å²) >= 11 is 0. The van der Waals surface area contributed by atoms with E-state index in [4.69, 9.17) is 4.74 Å². The fraction of sp³-hybridized carbons (Fsp3) is 0.733. The lowest BCUT2D eigenvalue weighted by Gasteiger charge is -2.35. The van der Waals surface area contributed by atoms with Crippen molar-refractivity contribution in [1.82, 2.24) is 14.3 Å². The molecule has 1 aromatic rings. The van der Waals surface area contributed by atoms with Crippen molar-refractivity contribution in [3.63, 3.8) is 0 Å². The van der Waals surface area contributed by atoms with Crippen LogP contribution in [0.15, 0.2) is 18.5 Å². The van der Waals surface area contributed by atoms with Crippen LogP contribution < -0.4 is 5.32 Å². The van der Waals surface area contributed by atoms with Gasteiger partial charge in [0, 0.05) is 37.9 Å². The maximum atomic E-state index is 12.5. The molecule has 2 saturated heterocycles. The van der Waals surface area contributed by atoms with Gasteiger partial charge in [-0.05, 0) is 31.2 Å². The molecule has 0 aromatic carbocycles. The largest absolute Gasteiger partial charge is 0.376 e. The maximum Gasteiger partial charge on any atom is 0.222 e. The molecule has 0 amide bonds. The second-order valence-corrected chi connectivity index (χ2v) is 8.85. The molecule has 2 aliphatic heterocycles. The molecule has 0 spiro atoms. The van der Waals surface area contributed by atoms with Crippen molar-refractivity contribution in [3.05, 3.63) is 18.5 Å². The average molecular weight is 338 g/mol. The number of anilines is 1. The Kier molecular flexibility index (Phi) is 3.98. The summed E-state index contributed by atoms with van der Waals surface area (Å²) in [5.41, 5.74) is 0. The van der Waals surface area contributed by atoms with Gasteiger partial charge in [0.25, 0.3) is 0 Å². The highest BCUT2D eigenvalue weighted by Gasteiger charge is 2.47. The van der Waals surface area contributed by atoms with Gasteiger partial charge in [-0.15, -0.1) is 0 Å². The number of rotatable bonds is 5. The lowest BCUT2D eigenvalue weighted by Crippen LogP contribution is -2.47. The molecule has 4 rings (SSSR count). The lowest BCUT2D eigenvalue weighted by molar-refractivity contribution is 0.0961. The van der Waals surface area contributed by atoms with Crippen LogP contribution in [0.4, 0.5) is 5.95 Å². The van der Waals surface area contributed by atoms with Gasteiger partial charge in [-0.2, -0.15) is 0 Å². The van der Waals surface area contributed by atoms with Gasteiger partial charge < -0.3 is 10.1 Å². The Morgan fingerprint density at radius 1 is 1.26 bits per heavy atom. The Balaban J connectivity index is 1.40. The van der Waals surface area contributed by atoms with E-state index in [0.717, 1.165) is 25.9 Å². The number of sulfonamides is 1. The van der Waals surface area contributed by atoms with Gasteiger partial charge in [0.2, 0.25) is 16.0 Å². The number of hydrogen-bond acceptors (Lipinski definition) is 6. The highest BCUT2D eigenvalue weighted by Crippen LogP contribution is 2.38. The molecule has 126 valence electrons. The van der Waals surface area contributed by atoms with Crippen molar-refractivity contribution in [1.29, 1.82) is 0 Å². The highest BCUT2D eigenvalue weighted by atomic mass is 32.2. The molecular weight excluding hydrogens is 316 g/mol. The number of aromatic nitrogens is 2. The van der Waals surface area contributed by atoms with Crippen LogP contribution in [0.5, 0.6) is 0 Å². The van der Waals surface area contributed by atoms with Crippen molar-refractivity contribution in [3.8, 4) is 0 Å². The van der Waals surface area contributed by atoms with E-state index < -0.39 is 10.0 Å². The summed E-state index contributed by atoms with van der Waals surface area (Å²) in [6, 6.07) is 1.77. The average Bonchev–Trinajstić information content (AvgIpc) is 3.36. The van der Waals surface area contributed by atoms with Crippen molar-refractivity contribution in [2.75, 3.05) is 31.6 Å². The van der Waals surface area contributed by atoms with E-state index in [1.807, 2.05) is 0 Å². The predicted octanol–water partition coefficient (Wildman–Crippen LogP) is 0.718. The van der Waals surface area contributed by atoms with E-state index in [1.165, 1.54) is 0 Å². The van der Waals surface area contributed by atoms with Gasteiger partial charge in [-0.1, -0.05) is 0 Å². The van der Waals surface area contributed by atoms with Crippen LogP contribution in [-0.4, -0.2) is 60.3 Å². The number of piperidine rings is 1. The van der Waals surface area contributed by atoms with Crippen LogP contribution in [0, 0.1) is 11.8 Å². The minimum Gasteiger partial charge on any atom is -0.376 e. The van der Waals surface area contributed by atoms with Crippen LogP contribution in [0.1, 0.15) is 19.3 Å². The van der Waals surface area contributed by atoms with E-state index >= 15 is 0 Å². The summed E-state index contributed by atoms with van der Waals surface area (Å²) in [5.74, 6) is 1.30. The molecule has 0 bridgehead atoms. The molecule has 3 fully saturated rings. The third-order valence-corrected chi connectivity index (χ3v) is 7.47. The Morgan fingerprint density at radius 3 is 2.78 bits per heavy atom. The highest BCUT2D eigenvalue weighted by molar-refractivity contribution is 7.90. The van der Waals surface area contributed by atoms with Crippen LogP contribution in [0.2, 0.25) is 0 Å². The Bertz CT molecular complexity index is 650. The van der Waals surface area contributed by atoms with Gasteiger partial charge in [0.1, 0.15) is 0 Å². The van der Waals surface area contributed by atoms with Crippen LogP contribution in [0.3, 0.4) is 0 Å². The third-order valence-electron chi connectivity index (χ3n) is 5.10. The maximum absolute atomic E-state index is 12.5. The van der Waals surface area contributed by atoms with Gasteiger partial charge in [-0.3, -0.25) is 0 Å². The van der Waals surface area contributed by atoms with Gasteiger partial charge in [0.15, 0.2) is 0 Å². The second kappa shape index (κ2) is 5.99. The summed E-state index contributed by atoms with van der Waals surface area (Å²) in [7, 11) is -3.09. The van der Waals surface area contributed by atoms with Crippen molar-refractivity contribution in [2.45, 2.75) is 30.6 Å². The molecule has 0 unspecified atom stereocenters. The first-order chi connectivity index (χ1) is 11.1. The Morgan fingerprint density at radius 2 is 2.04 bits per heavy atom. The molecule has 3 heterocycles. The SMILES string of the molecule is O=S(=O)(C1CC1)N1CC[C@H]2CO[C@H](CNc3ncccn3)[C@H]2C1. The monoisotopic (exact) mass is 338 g/mol. The summed E-state index contributed by atoms with van der Waals surface area (Å²) in [6.07, 6.45) is 5.94. The lowest BCUT2D eigenvalue weighted by atomic mass is 9.85. The molecule has 1 saturated carbocycles. The summed E-state index contributed by atoms with van der Waals surface area (Å²) < 4.78 is 32.6. The van der Waals surface area contributed by atoms with E-state index in [2.05, 4.69) is 15.3 Å². The topological polar surface area (TPSA) is 84.4 Å². The zero-order chi connectivity index (χ0) is 15.9. The summed E-state index contributed by atoms with van der Waals surface area (Å²) in [4.78, 5) is 8.29. The van der Waals surface area contributed by atoms with Crippen LogP contribution in [-0.2, 0) is 14.8 Å². The second-order valence-electron chi connectivity index (χ2n) is 6.64. The first kappa shape index (κ1) is 15.3. The summed E-state index contributed by atoms with van der Waals surface area (Å²) in [5, 5.41) is 3.06. The predicted molar refractivity (Wildman–Crippen MR) is 85.4 cm³/mol. The Labute approximate surface area is 136 Å². The number of hydrogen-bond donors (Lipinski definition) is 1. The minimum atomic E-state index is -3.09. The fourth-order valence-corrected chi connectivity index (χ4v) is 5.49. The molecule has 7 nitrogen and oxygen atoms in total. The standard InChI is InChI=1S/C15H22N4O3S/c20-23(21,12-2-3-12)19-7-4-11-10-22-14(13(11)9-19)8-18-15-16-5-1-6-17-15/h1,5-6,11-14H,2-4,7-10H2,(H,16,17,18)/t11-,13-,14+/m0/s1. The van der Waals surface area contributed by atoms with E-state index in [9.17, 15) is 8.42 Å². The van der Waals surface area contributed by atoms with Gasteiger partial charge in [-0.25, -0.2) is 22.7 Å². The van der Waals surface area contributed by atoms with Crippen molar-refractivity contribution < 1.29 is 13.2 Å². The number of nitrogens with one attached hydrogen (secondary N) is 1. The zero-order valence-electron chi connectivity index (χ0n) is 13.0. The number of nitrogens with zero attached hydrogens (tertiary/aromatic N) is 3. The Hall–Kier alpha value is -1.25. The van der Waals surface area contributed by atoms with Crippen molar-refractivity contribution >= 4 is 16.0 Å². The normalized spacial score (nSPS) is 31.7. The molecule has 23 heavy (non-hydrogen) atoms. The molecule has 1 aliphatic carbocycles. The number of fused-ring (bicyclic) bond motifs is 1. The number of ether oxygens (including phenoxy) is 1. The molecule has 8 heteroatoms. The molecule has 3 aliphatic rings. The molecular formula is C15H22N4O3S. The van der Waals surface area contributed by atoms with Gasteiger partial charge >= 0.3 is 0 Å². The smallest absolute Gasteiger partial charge is 0.222 e. The van der Waals surface area contributed by atoms with E-state index in [1.54, 1.807) is 22.8 Å². The van der Waals surface area contributed by atoms with Crippen LogP contribution >= 0.6 is 0 Å². The summed E-state index contributed by atoms with van der Waals surface area (Å²) in [6.45, 7) is 2.57. The molecule has 3 atom stereocenters. The molecule has 1 N–H and O–H groups in total. The third kappa shape index (κ3) is 3.07. The first-order valence-electron chi connectivity index (χ1n) is 8.26. The van der Waals surface area contributed by atoms with E-state index in [-0.39, 0.29) is 17.3 Å². The molecule has 0 radical (unpaired) electrons. The fourth-order valence-electron chi connectivity index (χ4n) is 3.60. The van der Waals surface area contributed by atoms with Crippen LogP contribution in [0.25, 0.3) is 0 Å². The minimum absolute atomic E-state index is 0.0148. The van der Waals surface area contributed by atoms with Crippen molar-refractivity contribution in [2.24, 2.45) is 11.8 Å². The van der Waals surface area contributed by atoms with E-state index in [0.29, 0.717) is 31.5 Å². The first-order valence-corrected chi connectivity index (χ1v) is 9.76. The molecule has 1 aromatic heterocycles. The quantitative estimate of drug-likeness (QED) is 0.851. The van der Waals surface area contributed by atoms with Gasteiger partial charge in [0.05, 0.1) is 18.0 Å². The zero-order valence-corrected chi connectivity index (χ0v) is 13.8.